The summed E-state index contributed by atoms with van der Waals surface area (Å²) in [5, 5.41) is 0. The van der Waals surface area contributed by atoms with Gasteiger partial charge >= 0.3 is 5.43 Å². The highest BCUT2D eigenvalue weighted by Crippen LogP contribution is 2.30. The molecule has 2 rings (SSSR count). The predicted octanol–water partition coefficient (Wildman–Crippen LogP) is 1.07. The minimum atomic E-state index is -0.663. The van der Waals surface area contributed by atoms with Crippen molar-refractivity contribution in [1.29, 1.82) is 0 Å². The van der Waals surface area contributed by atoms with Gasteiger partial charge in [-0.15, -0.1) is 0 Å². The molecule has 2 fully saturated rings. The lowest BCUT2D eigenvalue weighted by Crippen LogP contribution is -2.30. The van der Waals surface area contributed by atoms with E-state index in [2.05, 4.69) is 4.90 Å². The van der Waals surface area contributed by atoms with Crippen molar-refractivity contribution in [2.45, 2.75) is 12.5 Å². The second-order valence-corrected chi connectivity index (χ2v) is 3.51. The maximum Gasteiger partial charge on any atom is 0.404 e. The Morgan fingerprint density at radius 2 is 2.36 bits per heavy atom. The van der Waals surface area contributed by atoms with Gasteiger partial charge in [0.2, 0.25) is 0 Å². The maximum atomic E-state index is 10.4. The summed E-state index contributed by atoms with van der Waals surface area (Å²) < 4.78 is 4.93. The molecular weight excluding hydrogens is 166 g/mol. The molecule has 0 spiro atoms. The molecule has 3 nitrogen and oxygen atoms in total. The van der Waals surface area contributed by atoms with Gasteiger partial charge in [0.05, 0.1) is 0 Å². The maximum absolute atomic E-state index is 10.4. The summed E-state index contributed by atoms with van der Waals surface area (Å²) >= 11 is 5.12. The van der Waals surface area contributed by atoms with Crippen LogP contribution in [-0.4, -0.2) is 36.1 Å². The summed E-state index contributed by atoms with van der Waals surface area (Å²) in [5.41, 5.74) is -0.663. The van der Waals surface area contributed by atoms with E-state index in [4.69, 9.17) is 16.3 Å². The van der Waals surface area contributed by atoms with Crippen molar-refractivity contribution in [2.75, 3.05) is 19.6 Å². The summed E-state index contributed by atoms with van der Waals surface area (Å²) in [6.07, 6.45) is 1.21. The summed E-state index contributed by atoms with van der Waals surface area (Å²) in [6.45, 7) is 3.11. The second kappa shape index (κ2) is 2.64. The van der Waals surface area contributed by atoms with Crippen LogP contribution in [0.4, 0.5) is 4.79 Å². The fraction of sp³-hybridized carbons (Fsp3) is 0.857. The van der Waals surface area contributed by atoms with E-state index in [9.17, 15) is 4.79 Å². The Balaban J connectivity index is 1.92. The van der Waals surface area contributed by atoms with E-state index in [0.717, 1.165) is 26.1 Å². The van der Waals surface area contributed by atoms with Crippen molar-refractivity contribution in [3.05, 3.63) is 0 Å². The number of ether oxygens (including phenoxy) is 1. The molecule has 2 aliphatic heterocycles. The second-order valence-electron chi connectivity index (χ2n) is 3.20. The summed E-state index contributed by atoms with van der Waals surface area (Å²) in [4.78, 5) is 12.7. The molecule has 0 aliphatic carbocycles. The lowest BCUT2D eigenvalue weighted by molar-refractivity contribution is 0.0877. The molecule has 3 atom stereocenters. The lowest BCUT2D eigenvalue weighted by atomic mass is 10.0. The van der Waals surface area contributed by atoms with Crippen LogP contribution in [0.25, 0.3) is 0 Å². The largest absolute Gasteiger partial charge is 0.449 e. The first-order valence-electron chi connectivity index (χ1n) is 3.84. The van der Waals surface area contributed by atoms with E-state index in [1.54, 1.807) is 0 Å². The number of carbonyl (C=O) groups is 1. The molecule has 0 N–H and O–H groups in total. The molecule has 2 bridgehead atoms. The van der Waals surface area contributed by atoms with E-state index >= 15 is 0 Å². The zero-order chi connectivity index (χ0) is 7.84. The molecule has 0 aromatic carbocycles. The van der Waals surface area contributed by atoms with Crippen molar-refractivity contribution < 1.29 is 9.53 Å². The Morgan fingerprint density at radius 1 is 1.55 bits per heavy atom. The number of halogens is 1. The van der Waals surface area contributed by atoms with Crippen LogP contribution in [-0.2, 0) is 4.74 Å². The van der Waals surface area contributed by atoms with Crippen LogP contribution in [0.1, 0.15) is 6.42 Å². The number of hydrogen-bond acceptors (Lipinski definition) is 3. The fourth-order valence-electron chi connectivity index (χ4n) is 1.99. The number of rotatable bonds is 1. The van der Waals surface area contributed by atoms with Gasteiger partial charge in [0.15, 0.2) is 0 Å². The van der Waals surface area contributed by atoms with Crippen molar-refractivity contribution in [2.24, 2.45) is 5.92 Å². The Labute approximate surface area is 70.3 Å². The monoisotopic (exact) mass is 175 g/mol. The molecule has 4 heteroatoms. The highest BCUT2D eigenvalue weighted by atomic mass is 35.5. The number of carbonyl (C=O) groups excluding carboxylic acids is 1. The van der Waals surface area contributed by atoms with E-state index in [-0.39, 0.29) is 6.10 Å². The van der Waals surface area contributed by atoms with Crippen molar-refractivity contribution in [3.63, 3.8) is 0 Å². The van der Waals surface area contributed by atoms with Crippen LogP contribution in [0.2, 0.25) is 0 Å². The Kier molecular flexibility index (Phi) is 1.77. The van der Waals surface area contributed by atoms with Crippen molar-refractivity contribution in [3.8, 4) is 0 Å². The number of fused-ring (bicyclic) bond motifs is 2. The molecule has 2 saturated heterocycles. The third-order valence-electron chi connectivity index (χ3n) is 2.52. The normalized spacial score (nSPS) is 41.0. The summed E-state index contributed by atoms with van der Waals surface area (Å²) in [6, 6.07) is 0. The molecule has 0 aromatic heterocycles. The highest BCUT2D eigenvalue weighted by Gasteiger charge is 2.39. The number of piperidine rings is 1. The molecule has 0 amide bonds. The molecule has 2 heterocycles. The van der Waals surface area contributed by atoms with Crippen LogP contribution in [0.15, 0.2) is 0 Å². The highest BCUT2D eigenvalue weighted by molar-refractivity contribution is 6.61. The first-order valence-corrected chi connectivity index (χ1v) is 4.22. The fourth-order valence-corrected chi connectivity index (χ4v) is 2.10. The molecule has 62 valence electrons. The predicted molar refractivity (Wildman–Crippen MR) is 40.7 cm³/mol. The van der Waals surface area contributed by atoms with Crippen LogP contribution < -0.4 is 0 Å². The minimum Gasteiger partial charge on any atom is -0.449 e. The number of hydrogen-bond donors (Lipinski definition) is 0. The van der Waals surface area contributed by atoms with Crippen LogP contribution in [0, 0.1) is 5.92 Å². The van der Waals surface area contributed by atoms with E-state index in [1.165, 1.54) is 0 Å². The zero-order valence-electron chi connectivity index (χ0n) is 6.12. The molecule has 0 radical (unpaired) electrons. The van der Waals surface area contributed by atoms with Crippen LogP contribution >= 0.6 is 11.6 Å². The molecule has 3 unspecified atom stereocenters. The lowest BCUT2D eigenvalue weighted by Gasteiger charge is -2.20. The van der Waals surface area contributed by atoms with Gasteiger partial charge in [-0.05, 0) is 13.0 Å². The SMILES string of the molecule is O=C(Cl)OC1CN2CCC1C2. The first-order chi connectivity index (χ1) is 5.25. The van der Waals surface area contributed by atoms with Gasteiger partial charge in [-0.1, -0.05) is 0 Å². The average molecular weight is 176 g/mol. The quantitative estimate of drug-likeness (QED) is 0.559. The van der Waals surface area contributed by atoms with Gasteiger partial charge in [-0.3, -0.25) is 4.90 Å². The third kappa shape index (κ3) is 1.35. The standard InChI is InChI=1S/C7H10ClNO2/c8-7(10)11-6-4-9-2-1-5(6)3-9/h5-6H,1-4H2. The molecule has 11 heavy (non-hydrogen) atoms. The third-order valence-corrected chi connectivity index (χ3v) is 2.61. The van der Waals surface area contributed by atoms with E-state index < -0.39 is 5.43 Å². The zero-order valence-corrected chi connectivity index (χ0v) is 6.88. The first kappa shape index (κ1) is 7.37. The summed E-state index contributed by atoms with van der Waals surface area (Å²) in [7, 11) is 0. The topological polar surface area (TPSA) is 29.5 Å². The van der Waals surface area contributed by atoms with Gasteiger partial charge in [0, 0.05) is 30.6 Å². The van der Waals surface area contributed by atoms with Gasteiger partial charge < -0.3 is 4.74 Å². The van der Waals surface area contributed by atoms with Gasteiger partial charge in [-0.2, -0.15) is 0 Å². The van der Waals surface area contributed by atoms with Crippen molar-refractivity contribution in [1.82, 2.24) is 4.90 Å². The summed E-state index contributed by atoms with van der Waals surface area (Å²) in [5.74, 6) is 0.540. The Bertz CT molecular complexity index is 185. The smallest absolute Gasteiger partial charge is 0.404 e. The molecule has 0 saturated carbocycles. The van der Waals surface area contributed by atoms with Gasteiger partial charge in [-0.25, -0.2) is 4.79 Å². The Hall–Kier alpha value is -0.280. The average Bonchev–Trinajstić information content (AvgIpc) is 2.45. The van der Waals surface area contributed by atoms with Crippen LogP contribution in [0.3, 0.4) is 0 Å². The molecular formula is C7H10ClNO2. The number of nitrogens with zero attached hydrogens (tertiary/aromatic N) is 1. The van der Waals surface area contributed by atoms with Gasteiger partial charge in [0.25, 0.3) is 0 Å². The minimum absolute atomic E-state index is 0.0637. The molecule has 0 aromatic rings. The van der Waals surface area contributed by atoms with Gasteiger partial charge in [0.1, 0.15) is 6.10 Å². The van der Waals surface area contributed by atoms with Crippen molar-refractivity contribution >= 4 is 17.0 Å². The Morgan fingerprint density at radius 3 is 2.82 bits per heavy atom. The van der Waals surface area contributed by atoms with Crippen LogP contribution in [0.5, 0.6) is 0 Å². The molecule has 2 aliphatic rings. The van der Waals surface area contributed by atoms with E-state index in [1.807, 2.05) is 0 Å². The van der Waals surface area contributed by atoms with E-state index in [0.29, 0.717) is 5.92 Å².